The second-order valence-corrected chi connectivity index (χ2v) is 5.00. The molecule has 0 aliphatic carbocycles. The van der Waals surface area contributed by atoms with Crippen molar-refractivity contribution < 1.29 is 0 Å². The molecule has 1 aromatic heterocycles. The number of rotatable bonds is 4. The van der Waals surface area contributed by atoms with Crippen molar-refractivity contribution >= 4 is 5.95 Å². The van der Waals surface area contributed by atoms with Crippen molar-refractivity contribution in [2.45, 2.75) is 6.54 Å². The SMILES string of the molecule is CN(C)c1ncc(CN2CCN(CC#N)CC2)cn1. The Morgan fingerprint density at radius 2 is 1.74 bits per heavy atom. The molecule has 0 unspecified atom stereocenters. The normalized spacial score (nSPS) is 17.1. The maximum absolute atomic E-state index is 8.66. The summed E-state index contributed by atoms with van der Waals surface area (Å²) in [5.41, 5.74) is 1.14. The maximum atomic E-state index is 8.66. The second kappa shape index (κ2) is 6.45. The zero-order chi connectivity index (χ0) is 13.7. The Hall–Kier alpha value is -1.71. The number of hydrogen-bond donors (Lipinski definition) is 0. The van der Waals surface area contributed by atoms with Gasteiger partial charge >= 0.3 is 0 Å². The summed E-state index contributed by atoms with van der Waals surface area (Å²) in [6.07, 6.45) is 3.79. The summed E-state index contributed by atoms with van der Waals surface area (Å²) >= 11 is 0. The van der Waals surface area contributed by atoms with Crippen molar-refractivity contribution in [3.8, 4) is 6.07 Å². The second-order valence-electron chi connectivity index (χ2n) is 5.00. The van der Waals surface area contributed by atoms with Crippen LogP contribution in [0.1, 0.15) is 5.56 Å². The lowest BCUT2D eigenvalue weighted by atomic mass is 10.2. The molecule has 0 amide bonds. The van der Waals surface area contributed by atoms with E-state index in [2.05, 4.69) is 25.8 Å². The fourth-order valence-electron chi connectivity index (χ4n) is 2.12. The number of aromatic nitrogens is 2. The zero-order valence-corrected chi connectivity index (χ0v) is 11.6. The molecule has 2 heterocycles. The molecule has 6 nitrogen and oxygen atoms in total. The molecular formula is C13H20N6. The predicted molar refractivity (Wildman–Crippen MR) is 73.7 cm³/mol. The Kier molecular flexibility index (Phi) is 4.66. The highest BCUT2D eigenvalue weighted by Gasteiger charge is 2.16. The molecular weight excluding hydrogens is 240 g/mol. The van der Waals surface area contributed by atoms with Crippen LogP contribution in [0.15, 0.2) is 12.4 Å². The minimum Gasteiger partial charge on any atom is -0.347 e. The molecule has 0 spiro atoms. The Morgan fingerprint density at radius 1 is 1.16 bits per heavy atom. The van der Waals surface area contributed by atoms with Gasteiger partial charge in [-0.05, 0) is 0 Å². The van der Waals surface area contributed by atoms with Gasteiger partial charge in [-0.15, -0.1) is 0 Å². The molecule has 0 bridgehead atoms. The number of nitrogens with zero attached hydrogens (tertiary/aromatic N) is 6. The minimum absolute atomic E-state index is 0.536. The summed E-state index contributed by atoms with van der Waals surface area (Å²) in [6.45, 7) is 5.34. The third-order valence-electron chi connectivity index (χ3n) is 3.26. The van der Waals surface area contributed by atoms with Gasteiger partial charge in [-0.1, -0.05) is 0 Å². The summed E-state index contributed by atoms with van der Waals surface area (Å²) in [4.78, 5) is 15.1. The van der Waals surface area contributed by atoms with Crippen molar-refractivity contribution in [1.29, 1.82) is 5.26 Å². The summed E-state index contributed by atoms with van der Waals surface area (Å²) in [7, 11) is 3.87. The largest absolute Gasteiger partial charge is 0.347 e. The van der Waals surface area contributed by atoms with Crippen LogP contribution < -0.4 is 4.90 Å². The topological polar surface area (TPSA) is 59.3 Å². The summed E-state index contributed by atoms with van der Waals surface area (Å²) in [6, 6.07) is 2.20. The van der Waals surface area contributed by atoms with E-state index in [0.717, 1.165) is 44.2 Å². The van der Waals surface area contributed by atoms with E-state index < -0.39 is 0 Å². The van der Waals surface area contributed by atoms with Crippen LogP contribution in [0.4, 0.5) is 5.95 Å². The zero-order valence-electron chi connectivity index (χ0n) is 11.6. The standard InChI is InChI=1S/C13H20N6/c1-17(2)13-15-9-12(10-16-13)11-19-7-5-18(4-3-14)6-8-19/h9-10H,4-8,11H2,1-2H3. The van der Waals surface area contributed by atoms with Crippen LogP contribution in [0.2, 0.25) is 0 Å². The smallest absolute Gasteiger partial charge is 0.224 e. The lowest BCUT2D eigenvalue weighted by Crippen LogP contribution is -2.45. The number of anilines is 1. The number of hydrogen-bond acceptors (Lipinski definition) is 6. The molecule has 1 fully saturated rings. The van der Waals surface area contributed by atoms with E-state index >= 15 is 0 Å². The van der Waals surface area contributed by atoms with Crippen molar-refractivity contribution in [3.05, 3.63) is 18.0 Å². The van der Waals surface area contributed by atoms with E-state index in [-0.39, 0.29) is 0 Å². The molecule has 0 aromatic carbocycles. The summed E-state index contributed by atoms with van der Waals surface area (Å²) < 4.78 is 0. The van der Waals surface area contributed by atoms with E-state index in [1.54, 1.807) is 0 Å². The van der Waals surface area contributed by atoms with Gasteiger partial charge in [0.25, 0.3) is 0 Å². The molecule has 0 saturated carbocycles. The third kappa shape index (κ3) is 3.88. The Balaban J connectivity index is 1.84. The number of piperazine rings is 1. The van der Waals surface area contributed by atoms with Gasteiger partial charge in [0.2, 0.25) is 5.95 Å². The first-order valence-corrected chi connectivity index (χ1v) is 6.49. The van der Waals surface area contributed by atoms with Crippen LogP contribution in [-0.4, -0.2) is 66.6 Å². The monoisotopic (exact) mass is 260 g/mol. The molecule has 19 heavy (non-hydrogen) atoms. The highest BCUT2D eigenvalue weighted by molar-refractivity contribution is 5.26. The molecule has 1 aliphatic heterocycles. The van der Waals surface area contributed by atoms with Gasteiger partial charge in [-0.2, -0.15) is 5.26 Å². The predicted octanol–water partition coefficient (Wildman–Crippen LogP) is 0.184. The Labute approximate surface area is 114 Å². The Bertz CT molecular complexity index is 427. The van der Waals surface area contributed by atoms with Crippen LogP contribution >= 0.6 is 0 Å². The van der Waals surface area contributed by atoms with Gasteiger partial charge in [-0.25, -0.2) is 9.97 Å². The van der Waals surface area contributed by atoms with E-state index in [4.69, 9.17) is 5.26 Å². The van der Waals surface area contributed by atoms with E-state index in [1.807, 2.05) is 31.4 Å². The van der Waals surface area contributed by atoms with E-state index in [9.17, 15) is 0 Å². The first kappa shape index (κ1) is 13.7. The Morgan fingerprint density at radius 3 is 2.26 bits per heavy atom. The van der Waals surface area contributed by atoms with Crippen LogP contribution in [0.5, 0.6) is 0 Å². The minimum atomic E-state index is 0.536. The van der Waals surface area contributed by atoms with Crippen LogP contribution in [0.25, 0.3) is 0 Å². The van der Waals surface area contributed by atoms with Crippen molar-refractivity contribution in [1.82, 2.24) is 19.8 Å². The third-order valence-corrected chi connectivity index (χ3v) is 3.26. The highest BCUT2D eigenvalue weighted by atomic mass is 15.3. The van der Waals surface area contributed by atoms with Gasteiger partial charge in [0.1, 0.15) is 0 Å². The van der Waals surface area contributed by atoms with Crippen molar-refractivity contribution in [2.24, 2.45) is 0 Å². The fraction of sp³-hybridized carbons (Fsp3) is 0.615. The van der Waals surface area contributed by atoms with Crippen molar-refractivity contribution in [3.63, 3.8) is 0 Å². The molecule has 1 aliphatic rings. The molecule has 0 N–H and O–H groups in total. The average molecular weight is 260 g/mol. The maximum Gasteiger partial charge on any atom is 0.224 e. The summed E-state index contributed by atoms with van der Waals surface area (Å²) in [5.74, 6) is 0.739. The first-order chi connectivity index (χ1) is 9.19. The van der Waals surface area contributed by atoms with Gasteiger partial charge in [0.15, 0.2) is 0 Å². The molecule has 0 radical (unpaired) electrons. The molecule has 1 saturated heterocycles. The molecule has 2 rings (SSSR count). The van der Waals surface area contributed by atoms with Crippen molar-refractivity contribution in [2.75, 3.05) is 51.7 Å². The summed E-state index contributed by atoms with van der Waals surface area (Å²) in [5, 5.41) is 8.66. The van der Waals surface area contributed by atoms with Crippen LogP contribution in [0, 0.1) is 11.3 Å². The molecule has 102 valence electrons. The van der Waals surface area contributed by atoms with Gasteiger partial charge < -0.3 is 4.90 Å². The molecule has 6 heteroatoms. The quantitative estimate of drug-likeness (QED) is 0.720. The van der Waals surface area contributed by atoms with E-state index in [1.165, 1.54) is 0 Å². The molecule has 1 aromatic rings. The van der Waals surface area contributed by atoms with Gasteiger partial charge in [0, 0.05) is 64.8 Å². The van der Waals surface area contributed by atoms with Crippen LogP contribution in [0.3, 0.4) is 0 Å². The lowest BCUT2D eigenvalue weighted by molar-refractivity contribution is 0.138. The van der Waals surface area contributed by atoms with E-state index in [0.29, 0.717) is 6.54 Å². The highest BCUT2D eigenvalue weighted by Crippen LogP contribution is 2.08. The van der Waals surface area contributed by atoms with Gasteiger partial charge in [-0.3, -0.25) is 9.80 Å². The molecule has 0 atom stereocenters. The lowest BCUT2D eigenvalue weighted by Gasteiger charge is -2.33. The van der Waals surface area contributed by atoms with Crippen LogP contribution in [-0.2, 0) is 6.54 Å². The fourth-order valence-corrected chi connectivity index (χ4v) is 2.12. The van der Waals surface area contributed by atoms with Gasteiger partial charge in [0.05, 0.1) is 12.6 Å². The number of nitriles is 1. The average Bonchev–Trinajstić information content (AvgIpc) is 2.42. The first-order valence-electron chi connectivity index (χ1n) is 6.49.